The molecule has 23 heavy (non-hydrogen) atoms. The molecule has 0 saturated heterocycles. The molecule has 0 saturated carbocycles. The number of aromatic nitrogens is 2. The van der Waals surface area contributed by atoms with Gasteiger partial charge in [0.1, 0.15) is 0 Å². The summed E-state index contributed by atoms with van der Waals surface area (Å²) in [5, 5.41) is 7.15. The summed E-state index contributed by atoms with van der Waals surface area (Å²) >= 11 is 0. The summed E-state index contributed by atoms with van der Waals surface area (Å²) in [7, 11) is 1.73. The number of amides is 2. The molecule has 6 heteroatoms. The molecule has 2 heterocycles. The third-order valence-corrected chi connectivity index (χ3v) is 4.16. The maximum absolute atomic E-state index is 12.6. The molecule has 120 valence electrons. The molecular formula is C17H20N4O2. The van der Waals surface area contributed by atoms with E-state index in [1.54, 1.807) is 24.2 Å². The number of fused-ring (bicyclic) bond motifs is 1. The first-order valence-corrected chi connectivity index (χ1v) is 7.73. The summed E-state index contributed by atoms with van der Waals surface area (Å²) in [6, 6.07) is 7.32. The Labute approximate surface area is 135 Å². The van der Waals surface area contributed by atoms with E-state index in [1.807, 2.05) is 36.0 Å². The van der Waals surface area contributed by atoms with E-state index in [-0.39, 0.29) is 17.7 Å². The Kier molecular flexibility index (Phi) is 4.14. The van der Waals surface area contributed by atoms with Gasteiger partial charge in [-0.25, -0.2) is 0 Å². The van der Waals surface area contributed by atoms with Crippen LogP contribution in [0.5, 0.6) is 0 Å². The highest BCUT2D eigenvalue weighted by Gasteiger charge is 2.33. The number of carbonyl (C=O) groups is 2. The van der Waals surface area contributed by atoms with Gasteiger partial charge in [-0.2, -0.15) is 5.10 Å². The van der Waals surface area contributed by atoms with Gasteiger partial charge < -0.3 is 10.2 Å². The van der Waals surface area contributed by atoms with Crippen LogP contribution in [0, 0.1) is 0 Å². The van der Waals surface area contributed by atoms with Crippen LogP contribution in [0.2, 0.25) is 0 Å². The molecule has 0 bridgehead atoms. The minimum Gasteiger partial charge on any atom is -0.351 e. The summed E-state index contributed by atoms with van der Waals surface area (Å²) < 4.78 is 1.82. The van der Waals surface area contributed by atoms with Gasteiger partial charge in [-0.3, -0.25) is 14.3 Å². The van der Waals surface area contributed by atoms with Gasteiger partial charge in [0.2, 0.25) is 5.91 Å². The lowest BCUT2D eigenvalue weighted by Gasteiger charge is -2.31. The number of benzene rings is 1. The number of carbonyl (C=O) groups excluding carboxylic acids is 2. The molecule has 0 fully saturated rings. The Hall–Kier alpha value is -2.63. The first kappa shape index (κ1) is 15.3. The first-order valence-electron chi connectivity index (χ1n) is 7.73. The SMILES string of the molecule is CCn1cc(CNC(=O)C2CN(C)C(=O)c3ccccc32)cn1. The molecule has 0 aliphatic carbocycles. The van der Waals surface area contributed by atoms with Crippen molar-refractivity contribution in [2.45, 2.75) is 25.9 Å². The summed E-state index contributed by atoms with van der Waals surface area (Å²) in [5.74, 6) is -0.440. The largest absolute Gasteiger partial charge is 0.351 e. The van der Waals surface area contributed by atoms with Crippen LogP contribution in [0.1, 0.15) is 34.3 Å². The zero-order chi connectivity index (χ0) is 16.4. The molecule has 1 unspecified atom stereocenters. The number of hydrogen-bond donors (Lipinski definition) is 1. The Morgan fingerprint density at radius 2 is 2.17 bits per heavy atom. The third-order valence-electron chi connectivity index (χ3n) is 4.16. The van der Waals surface area contributed by atoms with Crippen LogP contribution in [0.15, 0.2) is 36.7 Å². The van der Waals surface area contributed by atoms with Gasteiger partial charge in [-0.1, -0.05) is 18.2 Å². The predicted octanol–water partition coefficient (Wildman–Crippen LogP) is 1.39. The standard InChI is InChI=1S/C17H20N4O2/c1-3-21-10-12(9-19-21)8-18-16(22)15-11-20(2)17(23)14-7-5-4-6-13(14)15/h4-7,9-10,15H,3,8,11H2,1-2H3,(H,18,22). The van der Waals surface area contributed by atoms with Crippen LogP contribution < -0.4 is 5.32 Å². The molecule has 1 aromatic carbocycles. The van der Waals surface area contributed by atoms with E-state index in [0.29, 0.717) is 18.7 Å². The quantitative estimate of drug-likeness (QED) is 0.927. The Morgan fingerprint density at radius 1 is 1.39 bits per heavy atom. The Bertz CT molecular complexity index is 738. The smallest absolute Gasteiger partial charge is 0.253 e. The molecule has 1 aliphatic rings. The van der Waals surface area contributed by atoms with Crippen molar-refractivity contribution < 1.29 is 9.59 Å². The normalized spacial score (nSPS) is 17.0. The van der Waals surface area contributed by atoms with E-state index in [0.717, 1.165) is 17.7 Å². The van der Waals surface area contributed by atoms with E-state index in [4.69, 9.17) is 0 Å². The summed E-state index contributed by atoms with van der Waals surface area (Å²) in [4.78, 5) is 26.4. The molecule has 1 aliphatic heterocycles. The molecule has 0 radical (unpaired) electrons. The monoisotopic (exact) mass is 312 g/mol. The lowest BCUT2D eigenvalue weighted by molar-refractivity contribution is -0.123. The van der Waals surface area contributed by atoms with Gasteiger partial charge in [0.05, 0.1) is 12.1 Å². The van der Waals surface area contributed by atoms with Crippen molar-refractivity contribution >= 4 is 11.8 Å². The minimum absolute atomic E-state index is 0.0335. The average Bonchev–Trinajstić information content (AvgIpc) is 3.04. The van der Waals surface area contributed by atoms with Gasteiger partial charge in [-0.05, 0) is 18.6 Å². The minimum atomic E-state index is -0.338. The van der Waals surface area contributed by atoms with Crippen LogP contribution in [0.25, 0.3) is 0 Å². The van der Waals surface area contributed by atoms with E-state index >= 15 is 0 Å². The molecule has 1 aromatic heterocycles. The fourth-order valence-corrected chi connectivity index (χ4v) is 2.86. The van der Waals surface area contributed by atoms with E-state index in [1.165, 1.54) is 0 Å². The second kappa shape index (κ2) is 6.24. The number of nitrogens with zero attached hydrogens (tertiary/aromatic N) is 3. The van der Waals surface area contributed by atoms with Gasteiger partial charge in [-0.15, -0.1) is 0 Å². The van der Waals surface area contributed by atoms with Crippen molar-refractivity contribution in [3.63, 3.8) is 0 Å². The second-order valence-electron chi connectivity index (χ2n) is 5.75. The molecule has 1 atom stereocenters. The number of likely N-dealkylation sites (N-methyl/N-ethyl adjacent to an activating group) is 1. The maximum Gasteiger partial charge on any atom is 0.253 e. The average molecular weight is 312 g/mol. The number of rotatable bonds is 4. The van der Waals surface area contributed by atoms with E-state index < -0.39 is 0 Å². The maximum atomic E-state index is 12.6. The van der Waals surface area contributed by atoms with Gasteiger partial charge in [0, 0.05) is 44.0 Å². The van der Waals surface area contributed by atoms with E-state index in [9.17, 15) is 9.59 Å². The topological polar surface area (TPSA) is 67.2 Å². The predicted molar refractivity (Wildman–Crippen MR) is 85.9 cm³/mol. The Morgan fingerprint density at radius 3 is 2.91 bits per heavy atom. The van der Waals surface area contributed by atoms with Gasteiger partial charge >= 0.3 is 0 Å². The number of hydrogen-bond acceptors (Lipinski definition) is 3. The van der Waals surface area contributed by atoms with Crippen molar-refractivity contribution in [1.82, 2.24) is 20.0 Å². The zero-order valence-corrected chi connectivity index (χ0v) is 13.3. The van der Waals surface area contributed by atoms with Crippen LogP contribution in [-0.2, 0) is 17.9 Å². The van der Waals surface area contributed by atoms with Gasteiger partial charge in [0.25, 0.3) is 5.91 Å². The van der Waals surface area contributed by atoms with Crippen molar-refractivity contribution in [3.8, 4) is 0 Å². The highest BCUT2D eigenvalue weighted by atomic mass is 16.2. The zero-order valence-electron chi connectivity index (χ0n) is 13.3. The summed E-state index contributed by atoms with van der Waals surface area (Å²) in [5.41, 5.74) is 2.38. The lowest BCUT2D eigenvalue weighted by atomic mass is 9.89. The van der Waals surface area contributed by atoms with Crippen molar-refractivity contribution in [2.75, 3.05) is 13.6 Å². The van der Waals surface area contributed by atoms with Crippen LogP contribution >= 0.6 is 0 Å². The molecule has 1 N–H and O–H groups in total. The molecular weight excluding hydrogens is 292 g/mol. The number of aryl methyl sites for hydroxylation is 1. The molecule has 2 aromatic rings. The van der Waals surface area contributed by atoms with Crippen LogP contribution in [0.3, 0.4) is 0 Å². The number of nitrogens with one attached hydrogen (secondary N) is 1. The molecule has 6 nitrogen and oxygen atoms in total. The van der Waals surface area contributed by atoms with Crippen LogP contribution in [0.4, 0.5) is 0 Å². The molecule has 0 spiro atoms. The first-order chi connectivity index (χ1) is 11.1. The third kappa shape index (κ3) is 2.97. The highest BCUT2D eigenvalue weighted by Crippen LogP contribution is 2.27. The molecule has 3 rings (SSSR count). The second-order valence-corrected chi connectivity index (χ2v) is 5.75. The fraction of sp³-hybridized carbons (Fsp3) is 0.353. The van der Waals surface area contributed by atoms with Gasteiger partial charge in [0.15, 0.2) is 0 Å². The van der Waals surface area contributed by atoms with Crippen molar-refractivity contribution in [3.05, 3.63) is 53.3 Å². The van der Waals surface area contributed by atoms with Crippen molar-refractivity contribution in [2.24, 2.45) is 0 Å². The van der Waals surface area contributed by atoms with Crippen molar-refractivity contribution in [1.29, 1.82) is 0 Å². The summed E-state index contributed by atoms with van der Waals surface area (Å²) in [6.07, 6.45) is 3.68. The summed E-state index contributed by atoms with van der Waals surface area (Å²) in [6.45, 7) is 3.66. The highest BCUT2D eigenvalue weighted by molar-refractivity contribution is 6.00. The Balaban J connectivity index is 1.74. The molecule has 2 amide bonds. The fourth-order valence-electron chi connectivity index (χ4n) is 2.86. The van der Waals surface area contributed by atoms with E-state index in [2.05, 4.69) is 10.4 Å². The van der Waals surface area contributed by atoms with Crippen LogP contribution in [-0.4, -0.2) is 40.1 Å². The lowest BCUT2D eigenvalue weighted by Crippen LogP contribution is -2.43.